The molecule has 0 spiro atoms. The first-order valence-corrected chi connectivity index (χ1v) is 7.10. The van der Waals surface area contributed by atoms with Gasteiger partial charge in [-0.05, 0) is 35.6 Å². The highest BCUT2D eigenvalue weighted by Crippen LogP contribution is 2.20. The maximum absolute atomic E-state index is 13.8. The van der Waals surface area contributed by atoms with Crippen LogP contribution >= 0.6 is 22.6 Å². The molecule has 0 bridgehead atoms. The van der Waals surface area contributed by atoms with Gasteiger partial charge in [-0.15, -0.1) is 0 Å². The molecule has 0 unspecified atom stereocenters. The predicted octanol–water partition coefficient (Wildman–Crippen LogP) is 2.76. The molecule has 1 aromatic carbocycles. The fourth-order valence-electron chi connectivity index (χ4n) is 1.51. The van der Waals surface area contributed by atoms with Gasteiger partial charge in [0.15, 0.2) is 0 Å². The van der Waals surface area contributed by atoms with Crippen LogP contribution in [0.3, 0.4) is 0 Å². The average Bonchev–Trinajstić information content (AvgIpc) is 2.39. The van der Waals surface area contributed by atoms with Crippen molar-refractivity contribution in [3.8, 4) is 0 Å². The quantitative estimate of drug-likeness (QED) is 0.143. The first-order chi connectivity index (χ1) is 9.77. The highest BCUT2D eigenvalue weighted by Gasteiger charge is 2.25. The zero-order chi connectivity index (χ0) is 16.2. The number of rotatable bonds is 5. The lowest BCUT2D eigenvalue weighted by Gasteiger charge is -2.11. The monoisotopic (exact) mass is 409 g/mol. The number of nitrogens with zero attached hydrogens (tertiary/aromatic N) is 1. The summed E-state index contributed by atoms with van der Waals surface area (Å²) in [5.74, 6) is -3.49. The van der Waals surface area contributed by atoms with Gasteiger partial charge in [0.25, 0.3) is 0 Å². The lowest BCUT2D eigenvalue weighted by atomic mass is 10.0. The van der Waals surface area contributed by atoms with Crippen LogP contribution in [0.15, 0.2) is 23.9 Å². The van der Waals surface area contributed by atoms with Gasteiger partial charge in [-0.3, -0.25) is 4.79 Å². The number of ketones is 1. The number of esters is 1. The molecule has 0 atom stereocenters. The summed E-state index contributed by atoms with van der Waals surface area (Å²) in [6, 6.07) is 1.68. The van der Waals surface area contributed by atoms with Crippen LogP contribution in [-0.2, 0) is 9.53 Å². The number of carbonyl (C=O) groups excluding carboxylic acids is 2. The largest absolute Gasteiger partial charge is 0.462 e. The molecule has 0 aliphatic rings. The summed E-state index contributed by atoms with van der Waals surface area (Å²) in [5, 5.41) is 0. The van der Waals surface area contributed by atoms with Crippen LogP contribution in [0.1, 0.15) is 17.3 Å². The highest BCUT2D eigenvalue weighted by molar-refractivity contribution is 14.1. The number of Topliss-reactive ketones (excluding diaryl/α,β-unsaturated/α-hetero) is 1. The Hall–Kier alpha value is -1.51. The fraction of sp³-hybridized carbons (Fsp3) is 0.286. The maximum Gasteiger partial charge on any atom is 0.343 e. The summed E-state index contributed by atoms with van der Waals surface area (Å²) < 4.78 is 31.9. The number of ether oxygens (including phenoxy) is 1. The summed E-state index contributed by atoms with van der Waals surface area (Å²) >= 11 is 1.64. The van der Waals surface area contributed by atoms with E-state index in [1.54, 1.807) is 43.6 Å². The number of hydrogen-bond acceptors (Lipinski definition) is 4. The van der Waals surface area contributed by atoms with Crippen LogP contribution in [0.5, 0.6) is 0 Å². The zero-order valence-electron chi connectivity index (χ0n) is 11.7. The first-order valence-electron chi connectivity index (χ1n) is 6.02. The summed E-state index contributed by atoms with van der Waals surface area (Å²) in [6.45, 7) is 1.68. The number of carbonyl (C=O) groups is 2. The minimum Gasteiger partial charge on any atom is -0.462 e. The number of benzene rings is 1. The second kappa shape index (κ2) is 7.48. The molecule has 21 heavy (non-hydrogen) atoms. The standard InChI is InChI=1S/C14H14F2INO3/c1-4-21-14(20)9(7-18(2)3)13(19)8-5-12(17)11(16)6-10(8)15/h5-7H,4H2,1-3H3/b9-7+. The van der Waals surface area contributed by atoms with Crippen LogP contribution in [0.25, 0.3) is 0 Å². The molecule has 0 aliphatic carbocycles. The Morgan fingerprint density at radius 3 is 2.43 bits per heavy atom. The molecule has 4 nitrogen and oxygen atoms in total. The Labute approximate surface area is 134 Å². The Balaban J connectivity index is 3.30. The molecule has 0 aromatic heterocycles. The third-order valence-electron chi connectivity index (χ3n) is 2.38. The average molecular weight is 409 g/mol. The summed E-state index contributed by atoms with van der Waals surface area (Å²) in [5.41, 5.74) is -0.690. The number of halogens is 3. The third-order valence-corrected chi connectivity index (χ3v) is 3.21. The van der Waals surface area contributed by atoms with Gasteiger partial charge in [0.05, 0.1) is 12.2 Å². The van der Waals surface area contributed by atoms with Crippen molar-refractivity contribution >= 4 is 34.3 Å². The van der Waals surface area contributed by atoms with Crippen molar-refractivity contribution in [2.75, 3.05) is 20.7 Å². The van der Waals surface area contributed by atoms with Crippen LogP contribution in [-0.4, -0.2) is 37.4 Å². The summed E-state index contributed by atoms with van der Waals surface area (Å²) in [6.07, 6.45) is 1.25. The van der Waals surface area contributed by atoms with Crippen molar-refractivity contribution in [2.45, 2.75) is 6.92 Å². The molecule has 114 valence electrons. The molecule has 1 rings (SSSR count). The second-order valence-electron chi connectivity index (χ2n) is 4.30. The predicted molar refractivity (Wildman–Crippen MR) is 81.8 cm³/mol. The number of hydrogen-bond donors (Lipinski definition) is 0. The van der Waals surface area contributed by atoms with Gasteiger partial charge >= 0.3 is 5.97 Å². The van der Waals surface area contributed by atoms with Gasteiger partial charge in [-0.25, -0.2) is 13.6 Å². The van der Waals surface area contributed by atoms with E-state index in [2.05, 4.69) is 0 Å². The molecule has 0 saturated carbocycles. The molecule has 0 fully saturated rings. The van der Waals surface area contributed by atoms with E-state index in [0.717, 1.165) is 6.07 Å². The van der Waals surface area contributed by atoms with Crippen LogP contribution in [0.2, 0.25) is 0 Å². The van der Waals surface area contributed by atoms with Gasteiger partial charge in [-0.1, -0.05) is 0 Å². The van der Waals surface area contributed by atoms with Gasteiger partial charge in [0.2, 0.25) is 5.78 Å². The molecule has 0 amide bonds. The van der Waals surface area contributed by atoms with Crippen LogP contribution in [0.4, 0.5) is 8.78 Å². The highest BCUT2D eigenvalue weighted by atomic mass is 127. The first kappa shape index (κ1) is 17.5. The molecular formula is C14H14F2INO3. The van der Waals surface area contributed by atoms with Crippen LogP contribution < -0.4 is 0 Å². The Morgan fingerprint density at radius 2 is 1.90 bits per heavy atom. The summed E-state index contributed by atoms with van der Waals surface area (Å²) in [7, 11) is 3.22. The summed E-state index contributed by atoms with van der Waals surface area (Å²) in [4.78, 5) is 25.6. The van der Waals surface area contributed by atoms with E-state index < -0.39 is 23.4 Å². The fourth-order valence-corrected chi connectivity index (χ4v) is 1.98. The van der Waals surface area contributed by atoms with E-state index in [1.165, 1.54) is 11.1 Å². The molecule has 1 aromatic rings. The van der Waals surface area contributed by atoms with Crippen molar-refractivity contribution in [3.63, 3.8) is 0 Å². The van der Waals surface area contributed by atoms with Crippen molar-refractivity contribution in [3.05, 3.63) is 44.7 Å². The van der Waals surface area contributed by atoms with Crippen molar-refractivity contribution in [2.24, 2.45) is 0 Å². The van der Waals surface area contributed by atoms with Crippen molar-refractivity contribution < 1.29 is 23.1 Å². The zero-order valence-corrected chi connectivity index (χ0v) is 13.9. The van der Waals surface area contributed by atoms with E-state index in [0.29, 0.717) is 6.07 Å². The Bertz CT molecular complexity index is 600. The smallest absolute Gasteiger partial charge is 0.343 e. The van der Waals surface area contributed by atoms with Gasteiger partial charge in [0.1, 0.15) is 17.2 Å². The Kier molecular flexibility index (Phi) is 6.25. The maximum atomic E-state index is 13.8. The normalized spacial score (nSPS) is 11.2. The molecule has 0 aliphatic heterocycles. The molecule has 7 heteroatoms. The third kappa shape index (κ3) is 4.48. The minimum atomic E-state index is -1.02. The van der Waals surface area contributed by atoms with Gasteiger partial charge in [-0.2, -0.15) is 0 Å². The minimum absolute atomic E-state index is 0.0836. The van der Waals surface area contributed by atoms with Crippen molar-refractivity contribution in [1.82, 2.24) is 4.90 Å². The molecular weight excluding hydrogens is 395 g/mol. The van der Waals surface area contributed by atoms with E-state index in [4.69, 9.17) is 4.74 Å². The van der Waals surface area contributed by atoms with E-state index >= 15 is 0 Å². The lowest BCUT2D eigenvalue weighted by molar-refractivity contribution is -0.138. The van der Waals surface area contributed by atoms with Crippen LogP contribution in [0, 0.1) is 15.2 Å². The molecule has 0 N–H and O–H groups in total. The van der Waals surface area contributed by atoms with E-state index in [9.17, 15) is 18.4 Å². The van der Waals surface area contributed by atoms with E-state index in [1.807, 2.05) is 0 Å². The topological polar surface area (TPSA) is 46.6 Å². The van der Waals surface area contributed by atoms with Crippen molar-refractivity contribution in [1.29, 1.82) is 0 Å². The molecule has 0 saturated heterocycles. The Morgan fingerprint density at radius 1 is 1.29 bits per heavy atom. The van der Waals surface area contributed by atoms with E-state index in [-0.39, 0.29) is 21.3 Å². The SMILES string of the molecule is CCOC(=O)/C(=C/N(C)C)C(=O)c1cc(I)c(F)cc1F. The second-order valence-corrected chi connectivity index (χ2v) is 5.46. The molecule has 0 radical (unpaired) electrons. The van der Waals surface area contributed by atoms with Gasteiger partial charge in [0, 0.05) is 29.9 Å². The van der Waals surface area contributed by atoms with Gasteiger partial charge < -0.3 is 9.64 Å². The molecule has 0 heterocycles. The lowest BCUT2D eigenvalue weighted by Crippen LogP contribution is -2.20.